The van der Waals surface area contributed by atoms with Crippen LogP contribution in [0.1, 0.15) is 23.4 Å². The van der Waals surface area contributed by atoms with Gasteiger partial charge in [0, 0.05) is 18.5 Å². The molecule has 3 rings (SSSR count). The molecule has 0 unspecified atom stereocenters. The first-order valence-electron chi connectivity index (χ1n) is 7.21. The molecular formula is C16H20N4S. The fraction of sp³-hybridized carbons (Fsp3) is 0.375. The predicted octanol–water partition coefficient (Wildman–Crippen LogP) is 3.45. The fourth-order valence-corrected chi connectivity index (χ4v) is 3.26. The lowest BCUT2D eigenvalue weighted by atomic mass is 10.3. The van der Waals surface area contributed by atoms with Crippen LogP contribution in [0.2, 0.25) is 0 Å². The van der Waals surface area contributed by atoms with Gasteiger partial charge >= 0.3 is 0 Å². The standard InChI is InChI=1S/C16H20N4S/c1-4-20-15-8-6-5-7-14(15)18-16(20)10-19(3)9-13-11-21-12(2)17-13/h5-8,11H,4,9-10H2,1-3H3. The Labute approximate surface area is 129 Å². The Hall–Kier alpha value is -1.72. The first-order valence-corrected chi connectivity index (χ1v) is 8.09. The molecule has 0 fully saturated rings. The molecule has 0 aliphatic carbocycles. The van der Waals surface area contributed by atoms with Crippen LogP contribution >= 0.6 is 11.3 Å². The molecule has 0 aliphatic rings. The minimum absolute atomic E-state index is 0.832. The maximum atomic E-state index is 4.77. The lowest BCUT2D eigenvalue weighted by molar-refractivity contribution is 0.303. The molecule has 4 nitrogen and oxygen atoms in total. The predicted molar refractivity (Wildman–Crippen MR) is 87.4 cm³/mol. The van der Waals surface area contributed by atoms with Gasteiger partial charge in [0.1, 0.15) is 5.82 Å². The number of para-hydroxylation sites is 2. The summed E-state index contributed by atoms with van der Waals surface area (Å²) >= 11 is 1.71. The van der Waals surface area contributed by atoms with Crippen LogP contribution in [0.3, 0.4) is 0 Å². The van der Waals surface area contributed by atoms with Crippen molar-refractivity contribution in [1.29, 1.82) is 0 Å². The summed E-state index contributed by atoms with van der Waals surface area (Å²) in [6.45, 7) is 6.85. The van der Waals surface area contributed by atoms with Gasteiger partial charge in [0.2, 0.25) is 0 Å². The van der Waals surface area contributed by atoms with E-state index in [1.807, 2.05) is 13.0 Å². The summed E-state index contributed by atoms with van der Waals surface area (Å²) < 4.78 is 2.29. The van der Waals surface area contributed by atoms with Crippen LogP contribution in [0, 0.1) is 6.92 Å². The molecule has 21 heavy (non-hydrogen) atoms. The molecule has 0 bridgehead atoms. The Morgan fingerprint density at radius 3 is 2.71 bits per heavy atom. The molecule has 0 N–H and O–H groups in total. The third-order valence-corrected chi connectivity index (χ3v) is 4.38. The summed E-state index contributed by atoms with van der Waals surface area (Å²) in [5.74, 6) is 1.12. The van der Waals surface area contributed by atoms with Crippen molar-refractivity contribution in [2.24, 2.45) is 0 Å². The second-order valence-electron chi connectivity index (χ2n) is 5.29. The van der Waals surface area contributed by atoms with Crippen LogP contribution in [0.25, 0.3) is 11.0 Å². The van der Waals surface area contributed by atoms with E-state index in [-0.39, 0.29) is 0 Å². The quantitative estimate of drug-likeness (QED) is 0.723. The zero-order valence-electron chi connectivity index (χ0n) is 12.7. The second kappa shape index (κ2) is 5.95. The number of fused-ring (bicyclic) bond motifs is 1. The first-order chi connectivity index (χ1) is 10.2. The number of rotatable bonds is 5. The number of thiazole rings is 1. The summed E-state index contributed by atoms with van der Waals surface area (Å²) in [4.78, 5) is 11.6. The molecule has 0 radical (unpaired) electrons. The molecule has 0 spiro atoms. The van der Waals surface area contributed by atoms with E-state index in [2.05, 4.69) is 52.0 Å². The lowest BCUT2D eigenvalue weighted by Crippen LogP contribution is -2.20. The average Bonchev–Trinajstić information content (AvgIpc) is 3.01. The summed E-state index contributed by atoms with van der Waals surface area (Å²) in [6.07, 6.45) is 0. The van der Waals surface area contributed by atoms with E-state index in [1.54, 1.807) is 11.3 Å². The van der Waals surface area contributed by atoms with Gasteiger partial charge in [-0.3, -0.25) is 4.90 Å². The smallest absolute Gasteiger partial charge is 0.124 e. The van der Waals surface area contributed by atoms with Crippen LogP contribution in [-0.2, 0) is 19.6 Å². The van der Waals surface area contributed by atoms with Gasteiger partial charge in [0.25, 0.3) is 0 Å². The normalized spacial score (nSPS) is 11.6. The van der Waals surface area contributed by atoms with Crippen molar-refractivity contribution in [3.8, 4) is 0 Å². The van der Waals surface area contributed by atoms with Gasteiger partial charge < -0.3 is 4.57 Å². The molecule has 0 aliphatic heterocycles. The molecule has 0 saturated carbocycles. The zero-order chi connectivity index (χ0) is 14.8. The van der Waals surface area contributed by atoms with Crippen molar-refractivity contribution >= 4 is 22.4 Å². The van der Waals surface area contributed by atoms with Crippen molar-refractivity contribution in [2.75, 3.05) is 7.05 Å². The average molecular weight is 300 g/mol. The van der Waals surface area contributed by atoms with Crippen molar-refractivity contribution in [3.05, 3.63) is 46.2 Å². The van der Waals surface area contributed by atoms with Crippen LogP contribution in [-0.4, -0.2) is 26.5 Å². The highest BCUT2D eigenvalue weighted by atomic mass is 32.1. The van der Waals surface area contributed by atoms with Gasteiger partial charge in [-0.15, -0.1) is 11.3 Å². The molecule has 5 heteroatoms. The van der Waals surface area contributed by atoms with Gasteiger partial charge in [-0.2, -0.15) is 0 Å². The number of nitrogens with zero attached hydrogens (tertiary/aromatic N) is 4. The highest BCUT2D eigenvalue weighted by molar-refractivity contribution is 7.09. The molecule has 2 heterocycles. The summed E-state index contributed by atoms with van der Waals surface area (Å²) in [5, 5.41) is 3.26. The Morgan fingerprint density at radius 2 is 2.00 bits per heavy atom. The molecule has 0 saturated heterocycles. The van der Waals surface area contributed by atoms with Crippen molar-refractivity contribution in [3.63, 3.8) is 0 Å². The number of hydrogen-bond donors (Lipinski definition) is 0. The molecule has 0 atom stereocenters. The number of imidazole rings is 1. The Bertz CT molecular complexity index is 744. The Balaban J connectivity index is 1.80. The molecule has 2 aromatic heterocycles. The number of hydrogen-bond acceptors (Lipinski definition) is 4. The van der Waals surface area contributed by atoms with Crippen LogP contribution in [0.5, 0.6) is 0 Å². The van der Waals surface area contributed by atoms with E-state index in [4.69, 9.17) is 4.98 Å². The van der Waals surface area contributed by atoms with E-state index in [0.29, 0.717) is 0 Å². The summed E-state index contributed by atoms with van der Waals surface area (Å²) in [7, 11) is 2.12. The highest BCUT2D eigenvalue weighted by Gasteiger charge is 2.12. The minimum Gasteiger partial charge on any atom is -0.327 e. The second-order valence-corrected chi connectivity index (χ2v) is 6.35. The van der Waals surface area contributed by atoms with Crippen LogP contribution < -0.4 is 0 Å². The highest BCUT2D eigenvalue weighted by Crippen LogP contribution is 2.18. The van der Waals surface area contributed by atoms with E-state index in [0.717, 1.165) is 41.7 Å². The molecular weight excluding hydrogens is 280 g/mol. The molecule has 0 amide bonds. The first kappa shape index (κ1) is 14.2. The van der Waals surface area contributed by atoms with Crippen LogP contribution in [0.15, 0.2) is 29.6 Å². The molecule has 1 aromatic carbocycles. The van der Waals surface area contributed by atoms with E-state index in [1.165, 1.54) is 5.52 Å². The molecule has 110 valence electrons. The van der Waals surface area contributed by atoms with Crippen molar-refractivity contribution < 1.29 is 0 Å². The van der Waals surface area contributed by atoms with Crippen molar-refractivity contribution in [1.82, 2.24) is 19.4 Å². The summed E-state index contributed by atoms with van der Waals surface area (Å²) in [5.41, 5.74) is 3.43. The van der Waals surface area contributed by atoms with Crippen LogP contribution in [0.4, 0.5) is 0 Å². The minimum atomic E-state index is 0.832. The fourth-order valence-electron chi connectivity index (χ4n) is 2.65. The Kier molecular flexibility index (Phi) is 4.03. The largest absolute Gasteiger partial charge is 0.327 e. The van der Waals surface area contributed by atoms with E-state index >= 15 is 0 Å². The lowest BCUT2D eigenvalue weighted by Gasteiger charge is -2.15. The summed E-state index contributed by atoms with van der Waals surface area (Å²) in [6, 6.07) is 8.33. The zero-order valence-corrected chi connectivity index (χ0v) is 13.5. The Morgan fingerprint density at radius 1 is 1.19 bits per heavy atom. The topological polar surface area (TPSA) is 34.0 Å². The monoisotopic (exact) mass is 300 g/mol. The van der Waals surface area contributed by atoms with Crippen molar-refractivity contribution in [2.45, 2.75) is 33.5 Å². The van der Waals surface area contributed by atoms with Gasteiger partial charge in [-0.1, -0.05) is 12.1 Å². The number of benzene rings is 1. The van der Waals surface area contributed by atoms with Gasteiger partial charge in [0.05, 0.1) is 28.3 Å². The van der Waals surface area contributed by atoms with Gasteiger partial charge in [-0.25, -0.2) is 9.97 Å². The third-order valence-electron chi connectivity index (χ3n) is 3.56. The maximum absolute atomic E-state index is 4.77. The van der Waals surface area contributed by atoms with Gasteiger partial charge in [-0.05, 0) is 33.0 Å². The third kappa shape index (κ3) is 2.99. The SMILES string of the molecule is CCn1c(CN(C)Cc2csc(C)n2)nc2ccccc21. The van der Waals surface area contributed by atoms with E-state index < -0.39 is 0 Å². The number of aryl methyl sites for hydroxylation is 2. The molecule has 3 aromatic rings. The van der Waals surface area contributed by atoms with E-state index in [9.17, 15) is 0 Å². The maximum Gasteiger partial charge on any atom is 0.124 e. The number of aromatic nitrogens is 3. The van der Waals surface area contributed by atoms with Gasteiger partial charge in [0.15, 0.2) is 0 Å².